The molecule has 0 heterocycles. The summed E-state index contributed by atoms with van der Waals surface area (Å²) in [6.45, 7) is 18.8. The summed E-state index contributed by atoms with van der Waals surface area (Å²) in [6.07, 6.45) is 17.8. The third-order valence-corrected chi connectivity index (χ3v) is 12.4. The maximum absolute atomic E-state index is 13.4. The van der Waals surface area contributed by atoms with E-state index in [4.69, 9.17) is 9.84 Å². The fourth-order valence-electron chi connectivity index (χ4n) is 10.2. The molecule has 0 bridgehead atoms. The van der Waals surface area contributed by atoms with E-state index in [0.717, 1.165) is 54.8 Å². The highest BCUT2D eigenvalue weighted by Gasteiger charge is 2.59. The lowest BCUT2D eigenvalue weighted by atomic mass is 9.46. The van der Waals surface area contributed by atoms with Gasteiger partial charge in [0, 0.05) is 19.0 Å². The Kier molecular flexibility index (Phi) is 10.5. The fraction of sp³-hybridized carbons (Fsp3) is 0.892. The van der Waals surface area contributed by atoms with Crippen LogP contribution < -0.4 is 0 Å². The first-order valence-electron chi connectivity index (χ1n) is 17.6. The number of unbranched alkanes of at least 4 members (excludes halogenated alkanes) is 1. The topological polar surface area (TPSA) is 66.8 Å². The average molecular weight is 586 g/mol. The van der Waals surface area contributed by atoms with Crippen molar-refractivity contribution in [1.29, 1.82) is 0 Å². The molecule has 5 nitrogen and oxygen atoms in total. The molecule has 0 radical (unpaired) electrons. The van der Waals surface area contributed by atoms with Crippen LogP contribution in [0.4, 0.5) is 4.79 Å². The van der Waals surface area contributed by atoms with Gasteiger partial charge in [-0.15, -0.1) is 0 Å². The molecule has 240 valence electrons. The van der Waals surface area contributed by atoms with Crippen molar-refractivity contribution in [2.75, 3.05) is 6.54 Å². The Morgan fingerprint density at radius 3 is 2.40 bits per heavy atom. The number of fused-ring (bicyclic) bond motifs is 5. The standard InChI is InChI=1S/C37H63NO4/c1-25(2)12-11-13-26(3)30-17-18-31-29-16-15-27-24-28(19-21-36(27,7)32(29)20-22-37(30,31)8)38(23-10-9-14-33(39)40)34(41)42-35(4,5)6/h15,25-26,28-32H,9-14,16-24H2,1-8H3,(H,39,40)/t26?,28?,29?,30-,31?,32?,36+,37-/m1/s1. The van der Waals surface area contributed by atoms with E-state index in [0.29, 0.717) is 24.8 Å². The van der Waals surface area contributed by atoms with Gasteiger partial charge in [-0.05, 0) is 131 Å². The minimum Gasteiger partial charge on any atom is -0.481 e. The van der Waals surface area contributed by atoms with Crippen molar-refractivity contribution in [2.24, 2.45) is 46.3 Å². The van der Waals surface area contributed by atoms with Gasteiger partial charge in [0.05, 0.1) is 0 Å². The molecular formula is C37H63NO4. The number of amides is 1. The van der Waals surface area contributed by atoms with Crippen molar-refractivity contribution < 1.29 is 19.4 Å². The summed E-state index contributed by atoms with van der Waals surface area (Å²) in [4.78, 5) is 26.4. The van der Waals surface area contributed by atoms with Crippen LogP contribution in [-0.4, -0.2) is 40.3 Å². The predicted molar refractivity (Wildman–Crippen MR) is 171 cm³/mol. The van der Waals surface area contributed by atoms with Gasteiger partial charge in [-0.25, -0.2) is 4.79 Å². The molecule has 4 rings (SSSR count). The number of ether oxygens (including phenoxy) is 1. The highest BCUT2D eigenvalue weighted by molar-refractivity contribution is 5.69. The van der Waals surface area contributed by atoms with E-state index in [1.807, 2.05) is 25.7 Å². The van der Waals surface area contributed by atoms with E-state index < -0.39 is 11.6 Å². The van der Waals surface area contributed by atoms with E-state index in [1.54, 1.807) is 5.57 Å². The summed E-state index contributed by atoms with van der Waals surface area (Å²) >= 11 is 0. The Morgan fingerprint density at radius 1 is 1.00 bits per heavy atom. The third kappa shape index (κ3) is 7.23. The number of carboxylic acid groups (broad SMARTS) is 1. The predicted octanol–water partition coefficient (Wildman–Crippen LogP) is 9.89. The quantitative estimate of drug-likeness (QED) is 0.194. The van der Waals surface area contributed by atoms with Crippen LogP contribution in [0.3, 0.4) is 0 Å². The molecule has 0 spiro atoms. The summed E-state index contributed by atoms with van der Waals surface area (Å²) in [5.41, 5.74) is 1.78. The zero-order valence-electron chi connectivity index (χ0n) is 28.3. The van der Waals surface area contributed by atoms with Crippen LogP contribution in [0.1, 0.15) is 145 Å². The van der Waals surface area contributed by atoms with Gasteiger partial charge >= 0.3 is 12.1 Å². The molecule has 5 heteroatoms. The van der Waals surface area contributed by atoms with Gasteiger partial charge in [0.25, 0.3) is 0 Å². The second kappa shape index (κ2) is 13.2. The zero-order valence-corrected chi connectivity index (χ0v) is 28.3. The van der Waals surface area contributed by atoms with Crippen molar-refractivity contribution in [3.63, 3.8) is 0 Å². The highest BCUT2D eigenvalue weighted by Crippen LogP contribution is 2.67. The molecule has 0 saturated heterocycles. The molecule has 0 aromatic carbocycles. The Hall–Kier alpha value is -1.52. The van der Waals surface area contributed by atoms with Crippen LogP contribution in [0.5, 0.6) is 0 Å². The summed E-state index contributed by atoms with van der Waals surface area (Å²) in [6, 6.07) is 0.136. The first kappa shape index (κ1) is 33.4. The van der Waals surface area contributed by atoms with E-state index in [1.165, 1.54) is 51.4 Å². The lowest BCUT2D eigenvalue weighted by molar-refractivity contribution is -0.137. The van der Waals surface area contributed by atoms with E-state index in [-0.39, 0.29) is 24.0 Å². The van der Waals surface area contributed by atoms with Gasteiger partial charge in [0.1, 0.15) is 5.60 Å². The van der Waals surface area contributed by atoms with Crippen LogP contribution in [0, 0.1) is 46.3 Å². The fourth-order valence-corrected chi connectivity index (χ4v) is 10.2. The Labute approximate surface area is 257 Å². The number of carbonyl (C=O) groups is 2. The van der Waals surface area contributed by atoms with Crippen molar-refractivity contribution in [3.8, 4) is 0 Å². The average Bonchev–Trinajstić information content (AvgIpc) is 3.24. The Morgan fingerprint density at radius 2 is 1.74 bits per heavy atom. The molecule has 5 unspecified atom stereocenters. The second-order valence-corrected chi connectivity index (χ2v) is 16.7. The van der Waals surface area contributed by atoms with Gasteiger partial charge in [0.2, 0.25) is 0 Å². The van der Waals surface area contributed by atoms with E-state index in [9.17, 15) is 9.59 Å². The van der Waals surface area contributed by atoms with Gasteiger partial charge in [-0.3, -0.25) is 4.79 Å². The summed E-state index contributed by atoms with van der Waals surface area (Å²) in [5, 5.41) is 9.10. The smallest absolute Gasteiger partial charge is 0.410 e. The lowest BCUT2D eigenvalue weighted by Gasteiger charge is -2.59. The molecule has 0 aromatic heterocycles. The number of allylic oxidation sites excluding steroid dienone is 1. The number of carbonyl (C=O) groups excluding carboxylic acids is 1. The van der Waals surface area contributed by atoms with Crippen LogP contribution in [-0.2, 0) is 9.53 Å². The van der Waals surface area contributed by atoms with Crippen molar-refractivity contribution >= 4 is 12.1 Å². The molecule has 0 aromatic rings. The number of hydrogen-bond acceptors (Lipinski definition) is 3. The summed E-state index contributed by atoms with van der Waals surface area (Å²) in [7, 11) is 0. The van der Waals surface area contributed by atoms with Gasteiger partial charge < -0.3 is 14.7 Å². The van der Waals surface area contributed by atoms with Crippen LogP contribution in [0.2, 0.25) is 0 Å². The summed E-state index contributed by atoms with van der Waals surface area (Å²) < 4.78 is 5.85. The van der Waals surface area contributed by atoms with Crippen molar-refractivity contribution in [1.82, 2.24) is 4.90 Å². The SMILES string of the molecule is CC(C)CCCC(C)[C@H]1CCC2C3CC=C4CC(N(CCCCC(=O)O)C(=O)OC(C)(C)C)CC[C@]4(C)C3CC[C@@]21C. The number of nitrogens with zero attached hydrogens (tertiary/aromatic N) is 1. The third-order valence-electron chi connectivity index (χ3n) is 12.4. The maximum atomic E-state index is 13.4. The molecule has 0 aliphatic heterocycles. The maximum Gasteiger partial charge on any atom is 0.410 e. The second-order valence-electron chi connectivity index (χ2n) is 16.7. The zero-order chi connectivity index (χ0) is 30.9. The van der Waals surface area contributed by atoms with Crippen molar-refractivity contribution in [2.45, 2.75) is 157 Å². The molecule has 8 atom stereocenters. The lowest BCUT2D eigenvalue weighted by Crippen LogP contribution is -2.53. The summed E-state index contributed by atoms with van der Waals surface area (Å²) in [5.74, 6) is 4.18. The van der Waals surface area contributed by atoms with Crippen molar-refractivity contribution in [3.05, 3.63) is 11.6 Å². The normalized spacial score (nSPS) is 35.1. The highest BCUT2D eigenvalue weighted by atomic mass is 16.6. The molecule has 42 heavy (non-hydrogen) atoms. The molecule has 3 saturated carbocycles. The van der Waals surface area contributed by atoms with Crippen LogP contribution >= 0.6 is 0 Å². The minimum atomic E-state index is -0.771. The number of hydrogen-bond donors (Lipinski definition) is 1. The van der Waals surface area contributed by atoms with Crippen LogP contribution in [0.25, 0.3) is 0 Å². The monoisotopic (exact) mass is 585 g/mol. The molecule has 3 fully saturated rings. The molecule has 4 aliphatic carbocycles. The van der Waals surface area contributed by atoms with Gasteiger partial charge in [-0.1, -0.05) is 65.5 Å². The number of aliphatic carboxylic acids is 1. The number of rotatable bonds is 11. The molecule has 4 aliphatic rings. The largest absolute Gasteiger partial charge is 0.481 e. The van der Waals surface area contributed by atoms with Gasteiger partial charge in [0.15, 0.2) is 0 Å². The molecule has 1 N–H and O–H groups in total. The Bertz CT molecular complexity index is 981. The first-order chi connectivity index (χ1) is 19.7. The van der Waals surface area contributed by atoms with E-state index in [2.05, 4.69) is 40.7 Å². The molecule has 1 amide bonds. The first-order valence-corrected chi connectivity index (χ1v) is 17.6. The van der Waals surface area contributed by atoms with E-state index >= 15 is 0 Å². The van der Waals surface area contributed by atoms with Crippen LogP contribution in [0.15, 0.2) is 11.6 Å². The molecular weight excluding hydrogens is 522 g/mol. The Balaban J connectivity index is 1.46. The number of carboxylic acids is 1. The minimum absolute atomic E-state index is 0.136. The van der Waals surface area contributed by atoms with Gasteiger partial charge in [-0.2, -0.15) is 0 Å².